The highest BCUT2D eigenvalue weighted by atomic mass is 16.5. The van der Waals surface area contributed by atoms with Gasteiger partial charge in [0.2, 0.25) is 0 Å². The summed E-state index contributed by atoms with van der Waals surface area (Å²) in [5.41, 5.74) is 2.22. The van der Waals surface area contributed by atoms with Crippen molar-refractivity contribution in [3.63, 3.8) is 0 Å². The maximum absolute atomic E-state index is 12.2. The lowest BCUT2D eigenvalue weighted by atomic mass is 10.1. The summed E-state index contributed by atoms with van der Waals surface area (Å²) in [7, 11) is 0. The van der Waals surface area contributed by atoms with Crippen molar-refractivity contribution in [1.82, 2.24) is 10.3 Å². The van der Waals surface area contributed by atoms with Gasteiger partial charge in [-0.25, -0.2) is 0 Å². The second-order valence-electron chi connectivity index (χ2n) is 5.09. The van der Waals surface area contributed by atoms with E-state index in [0.717, 1.165) is 17.7 Å². The summed E-state index contributed by atoms with van der Waals surface area (Å²) in [4.78, 5) is 16.2. The van der Waals surface area contributed by atoms with Crippen molar-refractivity contribution in [2.24, 2.45) is 0 Å². The Morgan fingerprint density at radius 3 is 2.55 bits per heavy atom. The van der Waals surface area contributed by atoms with Gasteiger partial charge >= 0.3 is 0 Å². The van der Waals surface area contributed by atoms with Crippen molar-refractivity contribution in [2.45, 2.75) is 39.3 Å². The standard InChI is InChI=1S/C18H22N2O2/c1-3-14-7-9-16(10-8-14)22-17(4-2)18(21)20-13-15-6-5-11-19-12-15/h5-12,17H,3-4,13H2,1-2H3,(H,20,21). The molecule has 1 atom stereocenters. The summed E-state index contributed by atoms with van der Waals surface area (Å²) >= 11 is 0. The van der Waals surface area contributed by atoms with Crippen molar-refractivity contribution in [2.75, 3.05) is 0 Å². The number of carbonyl (C=O) groups excluding carboxylic acids is 1. The largest absolute Gasteiger partial charge is 0.481 e. The van der Waals surface area contributed by atoms with Crippen LogP contribution in [0.3, 0.4) is 0 Å². The lowest BCUT2D eigenvalue weighted by molar-refractivity contribution is -0.128. The average Bonchev–Trinajstić information content (AvgIpc) is 2.59. The van der Waals surface area contributed by atoms with Crippen molar-refractivity contribution in [3.05, 3.63) is 59.9 Å². The predicted octanol–water partition coefficient (Wildman–Crippen LogP) is 3.12. The molecule has 0 aliphatic rings. The Balaban J connectivity index is 1.90. The quantitative estimate of drug-likeness (QED) is 0.854. The Labute approximate surface area is 131 Å². The molecule has 1 aromatic heterocycles. The molecule has 0 fully saturated rings. The molecule has 2 aromatic rings. The third kappa shape index (κ3) is 4.58. The highest BCUT2D eigenvalue weighted by Gasteiger charge is 2.17. The molecule has 1 unspecified atom stereocenters. The molecule has 0 radical (unpaired) electrons. The number of nitrogens with one attached hydrogen (secondary N) is 1. The van der Waals surface area contributed by atoms with Crippen molar-refractivity contribution < 1.29 is 9.53 Å². The first-order chi connectivity index (χ1) is 10.7. The van der Waals surface area contributed by atoms with Crippen LogP contribution in [-0.2, 0) is 17.8 Å². The van der Waals surface area contributed by atoms with E-state index in [1.807, 2.05) is 43.3 Å². The van der Waals surface area contributed by atoms with Gasteiger partial charge in [-0.2, -0.15) is 0 Å². The number of hydrogen-bond acceptors (Lipinski definition) is 3. The second-order valence-corrected chi connectivity index (χ2v) is 5.09. The van der Waals surface area contributed by atoms with Gasteiger partial charge in [0, 0.05) is 18.9 Å². The topological polar surface area (TPSA) is 51.2 Å². The van der Waals surface area contributed by atoms with Crippen LogP contribution in [0, 0.1) is 0 Å². The van der Waals surface area contributed by atoms with Crippen LogP contribution < -0.4 is 10.1 Å². The Morgan fingerprint density at radius 2 is 1.95 bits per heavy atom. The SMILES string of the molecule is CCc1ccc(OC(CC)C(=O)NCc2cccnc2)cc1. The van der Waals surface area contributed by atoms with Gasteiger partial charge in [-0.05, 0) is 42.2 Å². The number of pyridine rings is 1. The second kappa shape index (κ2) is 8.17. The Morgan fingerprint density at radius 1 is 1.18 bits per heavy atom. The van der Waals surface area contributed by atoms with Crippen LogP contribution in [0.15, 0.2) is 48.8 Å². The molecule has 22 heavy (non-hydrogen) atoms. The summed E-state index contributed by atoms with van der Waals surface area (Å²) in [6, 6.07) is 11.7. The Bertz CT molecular complexity index is 582. The molecule has 1 aromatic carbocycles. The highest BCUT2D eigenvalue weighted by Crippen LogP contribution is 2.15. The van der Waals surface area contributed by atoms with E-state index in [1.54, 1.807) is 12.4 Å². The van der Waals surface area contributed by atoms with E-state index in [0.29, 0.717) is 13.0 Å². The minimum Gasteiger partial charge on any atom is -0.481 e. The lowest BCUT2D eigenvalue weighted by Gasteiger charge is -2.17. The fourth-order valence-electron chi connectivity index (χ4n) is 2.10. The molecule has 2 rings (SSSR count). The van der Waals surface area contributed by atoms with E-state index in [1.165, 1.54) is 5.56 Å². The molecule has 0 spiro atoms. The maximum atomic E-state index is 12.2. The van der Waals surface area contributed by atoms with Gasteiger partial charge in [-0.15, -0.1) is 0 Å². The molecule has 0 saturated heterocycles. The van der Waals surface area contributed by atoms with E-state index in [2.05, 4.69) is 17.2 Å². The molecule has 1 amide bonds. The van der Waals surface area contributed by atoms with Gasteiger partial charge in [0.15, 0.2) is 6.10 Å². The van der Waals surface area contributed by atoms with Crippen LogP contribution in [0.4, 0.5) is 0 Å². The molecule has 0 aliphatic carbocycles. The number of rotatable bonds is 7. The fourth-order valence-corrected chi connectivity index (χ4v) is 2.10. The van der Waals surface area contributed by atoms with Gasteiger partial charge in [0.05, 0.1) is 0 Å². The lowest BCUT2D eigenvalue weighted by Crippen LogP contribution is -2.37. The van der Waals surface area contributed by atoms with Crippen LogP contribution in [-0.4, -0.2) is 17.0 Å². The minimum atomic E-state index is -0.482. The number of ether oxygens (including phenoxy) is 1. The van der Waals surface area contributed by atoms with Crippen molar-refractivity contribution in [3.8, 4) is 5.75 Å². The number of hydrogen-bond donors (Lipinski definition) is 1. The highest BCUT2D eigenvalue weighted by molar-refractivity contribution is 5.81. The van der Waals surface area contributed by atoms with Crippen LogP contribution in [0.1, 0.15) is 31.4 Å². The summed E-state index contributed by atoms with van der Waals surface area (Å²) in [6.45, 7) is 4.51. The van der Waals surface area contributed by atoms with Crippen molar-refractivity contribution >= 4 is 5.91 Å². The van der Waals surface area contributed by atoms with E-state index in [4.69, 9.17) is 4.74 Å². The van der Waals surface area contributed by atoms with E-state index >= 15 is 0 Å². The zero-order chi connectivity index (χ0) is 15.8. The number of nitrogens with zero attached hydrogens (tertiary/aromatic N) is 1. The zero-order valence-electron chi connectivity index (χ0n) is 13.1. The number of amides is 1. The summed E-state index contributed by atoms with van der Waals surface area (Å²) in [6.07, 6.45) is 4.58. The molecule has 4 nitrogen and oxygen atoms in total. The maximum Gasteiger partial charge on any atom is 0.261 e. The van der Waals surface area contributed by atoms with Crippen LogP contribution in [0.2, 0.25) is 0 Å². The molecular formula is C18H22N2O2. The summed E-state index contributed by atoms with van der Waals surface area (Å²) in [5, 5.41) is 2.89. The molecule has 4 heteroatoms. The number of aryl methyl sites for hydroxylation is 1. The first-order valence-electron chi connectivity index (χ1n) is 7.65. The minimum absolute atomic E-state index is 0.106. The van der Waals surface area contributed by atoms with Crippen LogP contribution in [0.25, 0.3) is 0 Å². The Kier molecular flexibility index (Phi) is 5.95. The monoisotopic (exact) mass is 298 g/mol. The molecule has 0 bridgehead atoms. The van der Waals surface area contributed by atoms with Gasteiger partial charge in [-0.3, -0.25) is 9.78 Å². The van der Waals surface area contributed by atoms with Gasteiger partial charge in [0.25, 0.3) is 5.91 Å². The fraction of sp³-hybridized carbons (Fsp3) is 0.333. The molecule has 0 aliphatic heterocycles. The van der Waals surface area contributed by atoms with E-state index in [9.17, 15) is 4.79 Å². The third-order valence-corrected chi connectivity index (χ3v) is 3.46. The first kappa shape index (κ1) is 16.0. The molecule has 116 valence electrons. The molecular weight excluding hydrogens is 276 g/mol. The molecule has 0 saturated carbocycles. The zero-order valence-corrected chi connectivity index (χ0v) is 13.1. The molecule has 1 heterocycles. The van der Waals surface area contributed by atoms with Crippen LogP contribution in [0.5, 0.6) is 5.75 Å². The van der Waals surface area contributed by atoms with Gasteiger partial charge < -0.3 is 10.1 Å². The number of carbonyl (C=O) groups is 1. The Hall–Kier alpha value is -2.36. The van der Waals surface area contributed by atoms with Gasteiger partial charge in [-0.1, -0.05) is 32.0 Å². The third-order valence-electron chi connectivity index (χ3n) is 3.46. The number of aromatic nitrogens is 1. The van der Waals surface area contributed by atoms with Crippen LogP contribution >= 0.6 is 0 Å². The molecule has 1 N–H and O–H groups in total. The summed E-state index contributed by atoms with van der Waals surface area (Å²) < 4.78 is 5.79. The van der Waals surface area contributed by atoms with Crippen molar-refractivity contribution in [1.29, 1.82) is 0 Å². The van der Waals surface area contributed by atoms with E-state index < -0.39 is 6.10 Å². The summed E-state index contributed by atoms with van der Waals surface area (Å²) in [5.74, 6) is 0.617. The average molecular weight is 298 g/mol. The number of benzene rings is 1. The van der Waals surface area contributed by atoms with E-state index in [-0.39, 0.29) is 5.91 Å². The normalized spacial score (nSPS) is 11.7. The predicted molar refractivity (Wildman–Crippen MR) is 86.6 cm³/mol. The van der Waals surface area contributed by atoms with Gasteiger partial charge in [0.1, 0.15) is 5.75 Å². The smallest absolute Gasteiger partial charge is 0.261 e. The first-order valence-corrected chi connectivity index (χ1v) is 7.65.